The monoisotopic (exact) mass is 401 g/mol. The first-order valence-electron chi connectivity index (χ1n) is 9.94. The summed E-state index contributed by atoms with van der Waals surface area (Å²) in [5, 5.41) is 0. The van der Waals surface area contributed by atoms with Gasteiger partial charge in [0.25, 0.3) is 11.5 Å². The number of amides is 1. The second-order valence-electron chi connectivity index (χ2n) is 7.48. The van der Waals surface area contributed by atoms with Crippen molar-refractivity contribution in [2.45, 2.75) is 38.7 Å². The zero-order valence-electron chi connectivity index (χ0n) is 16.4. The van der Waals surface area contributed by atoms with Crippen molar-refractivity contribution in [2.75, 3.05) is 31.1 Å². The molecule has 8 nitrogen and oxygen atoms in total. The largest absolute Gasteiger partial charge is 0.474 e. The fourth-order valence-electron chi connectivity index (χ4n) is 3.76. The summed E-state index contributed by atoms with van der Waals surface area (Å²) in [7, 11) is 0. The van der Waals surface area contributed by atoms with Crippen molar-refractivity contribution >= 4 is 11.9 Å². The highest BCUT2D eigenvalue weighted by molar-refractivity contribution is 5.94. The summed E-state index contributed by atoms with van der Waals surface area (Å²) >= 11 is 0. The molecule has 4 rings (SSSR count). The van der Waals surface area contributed by atoms with Crippen LogP contribution >= 0.6 is 0 Å². The highest BCUT2D eigenvalue weighted by Crippen LogP contribution is 2.23. The van der Waals surface area contributed by atoms with Gasteiger partial charge in [0.1, 0.15) is 6.10 Å². The van der Waals surface area contributed by atoms with E-state index >= 15 is 0 Å². The number of anilines is 1. The SMILES string of the molecule is Cc1nc(N2CCN(C(=O)c3ccc(OC4CCCC4)nc3)CC2)[nH]c(=O)c1F. The lowest BCUT2D eigenvalue weighted by Gasteiger charge is -2.35. The molecule has 0 unspecified atom stereocenters. The number of H-pyrrole nitrogens is 1. The Hall–Kier alpha value is -2.97. The van der Waals surface area contributed by atoms with Gasteiger partial charge in [0.05, 0.1) is 11.3 Å². The second-order valence-corrected chi connectivity index (χ2v) is 7.48. The lowest BCUT2D eigenvalue weighted by Crippen LogP contribution is -2.49. The number of halogens is 1. The summed E-state index contributed by atoms with van der Waals surface area (Å²) in [6.45, 7) is 3.39. The predicted octanol–water partition coefficient (Wildman–Crippen LogP) is 1.90. The molecule has 0 bridgehead atoms. The van der Waals surface area contributed by atoms with E-state index in [9.17, 15) is 14.0 Å². The molecule has 1 N–H and O–H groups in total. The van der Waals surface area contributed by atoms with Crippen molar-refractivity contribution in [3.63, 3.8) is 0 Å². The maximum Gasteiger partial charge on any atom is 0.288 e. The zero-order chi connectivity index (χ0) is 20.4. The first kappa shape index (κ1) is 19.4. The van der Waals surface area contributed by atoms with Crippen LogP contribution in [0.4, 0.5) is 10.3 Å². The van der Waals surface area contributed by atoms with Crippen molar-refractivity contribution in [1.29, 1.82) is 0 Å². The number of ether oxygens (including phenoxy) is 1. The van der Waals surface area contributed by atoms with Crippen molar-refractivity contribution < 1.29 is 13.9 Å². The molecule has 29 heavy (non-hydrogen) atoms. The molecule has 0 aromatic carbocycles. The summed E-state index contributed by atoms with van der Waals surface area (Å²) in [5.74, 6) is -0.0761. The van der Waals surface area contributed by atoms with Crippen LogP contribution in [0, 0.1) is 12.7 Å². The quantitative estimate of drug-likeness (QED) is 0.841. The number of hydrogen-bond acceptors (Lipinski definition) is 6. The maximum atomic E-state index is 13.5. The van der Waals surface area contributed by atoms with Crippen LogP contribution in [0.5, 0.6) is 5.88 Å². The smallest absolute Gasteiger partial charge is 0.288 e. The van der Waals surface area contributed by atoms with E-state index in [0.29, 0.717) is 43.6 Å². The number of carbonyl (C=O) groups excluding carboxylic acids is 1. The molecular weight excluding hydrogens is 377 g/mol. The van der Waals surface area contributed by atoms with Gasteiger partial charge in [-0.1, -0.05) is 0 Å². The van der Waals surface area contributed by atoms with Crippen LogP contribution in [0.3, 0.4) is 0 Å². The number of aromatic amines is 1. The van der Waals surface area contributed by atoms with E-state index in [2.05, 4.69) is 15.0 Å². The van der Waals surface area contributed by atoms with Gasteiger partial charge in [0.15, 0.2) is 0 Å². The van der Waals surface area contributed by atoms with E-state index in [1.54, 1.807) is 23.2 Å². The number of aromatic nitrogens is 3. The highest BCUT2D eigenvalue weighted by atomic mass is 19.1. The lowest BCUT2D eigenvalue weighted by molar-refractivity contribution is 0.0745. The zero-order valence-corrected chi connectivity index (χ0v) is 16.4. The van der Waals surface area contributed by atoms with Gasteiger partial charge in [-0.3, -0.25) is 14.6 Å². The van der Waals surface area contributed by atoms with Crippen LogP contribution in [-0.4, -0.2) is 58.0 Å². The molecule has 2 fully saturated rings. The van der Waals surface area contributed by atoms with Crippen molar-refractivity contribution in [3.05, 3.63) is 45.8 Å². The first-order valence-corrected chi connectivity index (χ1v) is 9.94. The van der Waals surface area contributed by atoms with Gasteiger partial charge in [-0.05, 0) is 38.7 Å². The third-order valence-electron chi connectivity index (χ3n) is 5.46. The molecule has 0 atom stereocenters. The summed E-state index contributed by atoms with van der Waals surface area (Å²) in [6, 6.07) is 3.49. The van der Waals surface area contributed by atoms with Gasteiger partial charge in [-0.2, -0.15) is 4.39 Å². The van der Waals surface area contributed by atoms with Crippen molar-refractivity contribution in [3.8, 4) is 5.88 Å². The van der Waals surface area contributed by atoms with Crippen molar-refractivity contribution in [1.82, 2.24) is 19.9 Å². The molecule has 2 aliphatic rings. The molecular formula is C20H24FN5O3. The molecule has 1 saturated heterocycles. The van der Waals surface area contributed by atoms with Crippen LogP contribution in [0.25, 0.3) is 0 Å². The fraction of sp³-hybridized carbons (Fsp3) is 0.500. The first-order chi connectivity index (χ1) is 14.0. The average molecular weight is 401 g/mol. The average Bonchev–Trinajstić information content (AvgIpc) is 3.25. The second kappa shape index (κ2) is 8.18. The van der Waals surface area contributed by atoms with Crippen LogP contribution in [0.15, 0.2) is 23.1 Å². The third kappa shape index (κ3) is 4.23. The molecule has 1 aliphatic heterocycles. The van der Waals surface area contributed by atoms with Gasteiger partial charge in [-0.25, -0.2) is 9.97 Å². The number of aryl methyl sites for hydroxylation is 1. The normalized spacial score (nSPS) is 17.6. The van der Waals surface area contributed by atoms with Gasteiger partial charge in [-0.15, -0.1) is 0 Å². The standard InChI is InChI=1S/C20H24FN5O3/c1-13-17(21)18(27)24-20(23-13)26-10-8-25(9-11-26)19(28)14-6-7-16(22-12-14)29-15-4-2-3-5-15/h6-7,12,15H,2-5,8-11H2,1H3,(H,23,24,27). The van der Waals surface area contributed by atoms with Gasteiger partial charge >= 0.3 is 0 Å². The third-order valence-corrected chi connectivity index (χ3v) is 5.46. The van der Waals surface area contributed by atoms with E-state index < -0.39 is 11.4 Å². The number of piperazine rings is 1. The van der Waals surface area contributed by atoms with E-state index in [1.807, 2.05) is 4.90 Å². The molecule has 154 valence electrons. The Morgan fingerprint density at radius 1 is 1.21 bits per heavy atom. The lowest BCUT2D eigenvalue weighted by atomic mass is 10.2. The van der Waals surface area contributed by atoms with Crippen LogP contribution in [-0.2, 0) is 0 Å². The molecule has 0 spiro atoms. The Labute approximate surface area is 167 Å². The molecule has 3 heterocycles. The Balaban J connectivity index is 1.35. The van der Waals surface area contributed by atoms with Crippen LogP contribution < -0.4 is 15.2 Å². The van der Waals surface area contributed by atoms with Crippen LogP contribution in [0.2, 0.25) is 0 Å². The summed E-state index contributed by atoms with van der Waals surface area (Å²) < 4.78 is 19.3. The molecule has 1 amide bonds. The minimum absolute atomic E-state index is 0.0632. The van der Waals surface area contributed by atoms with Gasteiger partial charge in [0, 0.05) is 38.4 Å². The number of hydrogen-bond donors (Lipinski definition) is 1. The topological polar surface area (TPSA) is 91.4 Å². The number of pyridine rings is 1. The summed E-state index contributed by atoms with van der Waals surface area (Å²) in [4.78, 5) is 38.8. The number of nitrogens with zero attached hydrogens (tertiary/aromatic N) is 4. The predicted molar refractivity (Wildman–Crippen MR) is 105 cm³/mol. The number of rotatable bonds is 4. The van der Waals surface area contributed by atoms with E-state index in [0.717, 1.165) is 12.8 Å². The van der Waals surface area contributed by atoms with Gasteiger partial charge in [0.2, 0.25) is 17.6 Å². The van der Waals surface area contributed by atoms with Crippen LogP contribution in [0.1, 0.15) is 41.7 Å². The minimum Gasteiger partial charge on any atom is -0.474 e. The summed E-state index contributed by atoms with van der Waals surface area (Å²) in [6.07, 6.45) is 6.27. The minimum atomic E-state index is -0.865. The molecule has 2 aromatic rings. The number of carbonyl (C=O) groups is 1. The Morgan fingerprint density at radius 2 is 1.93 bits per heavy atom. The Bertz CT molecular complexity index is 932. The number of nitrogens with one attached hydrogen (secondary N) is 1. The van der Waals surface area contributed by atoms with Crippen molar-refractivity contribution in [2.24, 2.45) is 0 Å². The molecule has 2 aromatic heterocycles. The molecule has 1 saturated carbocycles. The van der Waals surface area contributed by atoms with E-state index in [-0.39, 0.29) is 17.7 Å². The van der Waals surface area contributed by atoms with E-state index in [4.69, 9.17) is 4.74 Å². The molecule has 0 radical (unpaired) electrons. The molecule has 9 heteroatoms. The maximum absolute atomic E-state index is 13.5. The Morgan fingerprint density at radius 3 is 2.55 bits per heavy atom. The van der Waals surface area contributed by atoms with Gasteiger partial charge < -0.3 is 14.5 Å². The Kier molecular flexibility index (Phi) is 5.46. The van der Waals surface area contributed by atoms with E-state index in [1.165, 1.54) is 19.8 Å². The fourth-order valence-corrected chi connectivity index (χ4v) is 3.76. The summed E-state index contributed by atoms with van der Waals surface area (Å²) in [5.41, 5.74) is -0.202. The molecule has 1 aliphatic carbocycles. The highest BCUT2D eigenvalue weighted by Gasteiger charge is 2.24.